The molecule has 0 saturated heterocycles. The predicted octanol–water partition coefficient (Wildman–Crippen LogP) is 2.25. The van der Waals surface area contributed by atoms with Crippen LogP contribution in [0.1, 0.15) is 19.3 Å². The summed E-state index contributed by atoms with van der Waals surface area (Å²) in [7, 11) is 0. The van der Waals surface area contributed by atoms with Crippen molar-refractivity contribution in [3.05, 3.63) is 29.8 Å². The summed E-state index contributed by atoms with van der Waals surface area (Å²) in [4.78, 5) is 12.2. The topological polar surface area (TPSA) is 64.4 Å². The summed E-state index contributed by atoms with van der Waals surface area (Å²) in [5.41, 5.74) is 6.12. The van der Waals surface area contributed by atoms with Gasteiger partial charge in [-0.3, -0.25) is 4.79 Å². The van der Waals surface area contributed by atoms with Crippen LogP contribution in [0.25, 0.3) is 0 Å². The average molecular weight is 347 g/mol. The van der Waals surface area contributed by atoms with E-state index in [1.807, 2.05) is 0 Å². The van der Waals surface area contributed by atoms with Gasteiger partial charge in [-0.05, 0) is 43.2 Å². The molecule has 3 N–H and O–H groups in total. The van der Waals surface area contributed by atoms with Gasteiger partial charge in [-0.1, -0.05) is 0 Å². The second-order valence-corrected chi connectivity index (χ2v) is 6.15. The third-order valence-electron chi connectivity index (χ3n) is 4.84. The van der Waals surface area contributed by atoms with Gasteiger partial charge < -0.3 is 15.8 Å². The summed E-state index contributed by atoms with van der Waals surface area (Å²) >= 11 is 0. The van der Waals surface area contributed by atoms with Crippen molar-refractivity contribution in [3.8, 4) is 5.75 Å². The number of hydrogen-bond acceptors (Lipinski definition) is 3. The molecular weight excluding hydrogens is 326 g/mol. The summed E-state index contributed by atoms with van der Waals surface area (Å²) < 4.78 is 31.1. The van der Waals surface area contributed by atoms with Gasteiger partial charge in [0, 0.05) is 12.1 Å². The Morgan fingerprint density at radius 2 is 2.00 bits per heavy atom. The van der Waals surface area contributed by atoms with Crippen molar-refractivity contribution in [2.45, 2.75) is 25.3 Å². The molecule has 7 heteroatoms. The van der Waals surface area contributed by atoms with Gasteiger partial charge in [-0.25, -0.2) is 8.78 Å². The summed E-state index contributed by atoms with van der Waals surface area (Å²) in [5, 5.41) is 2.82. The number of halogens is 3. The Bertz CT molecular complexity index is 571. The van der Waals surface area contributed by atoms with Crippen LogP contribution in [0.2, 0.25) is 0 Å². The van der Waals surface area contributed by atoms with Crippen molar-refractivity contribution in [1.29, 1.82) is 0 Å². The first-order valence-electron chi connectivity index (χ1n) is 7.67. The van der Waals surface area contributed by atoms with Crippen LogP contribution in [0.4, 0.5) is 8.78 Å². The number of hydrogen-bond donors (Lipinski definition) is 2. The molecule has 0 spiro atoms. The molecule has 4 atom stereocenters. The third-order valence-corrected chi connectivity index (χ3v) is 4.84. The van der Waals surface area contributed by atoms with Crippen molar-refractivity contribution < 1.29 is 18.3 Å². The number of rotatable bonds is 5. The number of benzene rings is 1. The first-order valence-corrected chi connectivity index (χ1v) is 7.67. The summed E-state index contributed by atoms with van der Waals surface area (Å²) in [6.07, 6.45) is 3.28. The summed E-state index contributed by atoms with van der Waals surface area (Å²) in [6.45, 7) is 0.519. The van der Waals surface area contributed by atoms with Crippen LogP contribution >= 0.6 is 12.4 Å². The van der Waals surface area contributed by atoms with Crippen molar-refractivity contribution in [3.63, 3.8) is 0 Å². The third kappa shape index (κ3) is 3.75. The Kier molecular flexibility index (Phi) is 5.81. The molecule has 2 aliphatic rings. The van der Waals surface area contributed by atoms with Crippen molar-refractivity contribution in [1.82, 2.24) is 5.32 Å². The number of ether oxygens (including phenoxy) is 1. The number of fused-ring (bicyclic) bond motifs is 2. The molecule has 2 bridgehead atoms. The lowest BCUT2D eigenvalue weighted by Gasteiger charge is -2.27. The Morgan fingerprint density at radius 3 is 2.65 bits per heavy atom. The molecule has 0 aliphatic heterocycles. The maximum absolute atomic E-state index is 13.0. The molecule has 4 unspecified atom stereocenters. The van der Waals surface area contributed by atoms with E-state index in [-0.39, 0.29) is 42.6 Å². The van der Waals surface area contributed by atoms with E-state index in [0.29, 0.717) is 18.4 Å². The molecule has 1 amide bonds. The van der Waals surface area contributed by atoms with E-state index < -0.39 is 11.6 Å². The zero-order valence-corrected chi connectivity index (χ0v) is 13.5. The molecule has 23 heavy (non-hydrogen) atoms. The van der Waals surface area contributed by atoms with Gasteiger partial charge in [0.2, 0.25) is 5.91 Å². The Hall–Kier alpha value is -1.40. The fraction of sp³-hybridized carbons (Fsp3) is 0.562. The first kappa shape index (κ1) is 17.9. The summed E-state index contributed by atoms with van der Waals surface area (Å²) in [5.74, 6) is -0.841. The second-order valence-electron chi connectivity index (χ2n) is 6.15. The van der Waals surface area contributed by atoms with Gasteiger partial charge in [-0.2, -0.15) is 0 Å². The summed E-state index contributed by atoms with van der Waals surface area (Å²) in [6, 6.07) is 3.32. The number of nitrogens with one attached hydrogen (secondary N) is 1. The number of carbonyl (C=O) groups is 1. The Morgan fingerprint density at radius 1 is 1.26 bits per heavy atom. The van der Waals surface area contributed by atoms with Gasteiger partial charge in [-0.15, -0.1) is 12.4 Å². The van der Waals surface area contributed by atoms with Crippen LogP contribution in [0.15, 0.2) is 18.2 Å². The molecular formula is C16H21ClF2N2O2. The minimum absolute atomic E-state index is 0. The van der Waals surface area contributed by atoms with Gasteiger partial charge in [0.1, 0.15) is 12.4 Å². The molecule has 2 aliphatic carbocycles. The van der Waals surface area contributed by atoms with E-state index in [1.54, 1.807) is 0 Å². The zero-order valence-electron chi connectivity index (χ0n) is 12.6. The normalized spacial score (nSPS) is 28.3. The van der Waals surface area contributed by atoms with Crippen LogP contribution in [-0.2, 0) is 4.79 Å². The Balaban J connectivity index is 0.00000192. The van der Waals surface area contributed by atoms with E-state index in [0.717, 1.165) is 31.4 Å². The highest BCUT2D eigenvalue weighted by molar-refractivity contribution is 5.85. The van der Waals surface area contributed by atoms with Crippen LogP contribution in [-0.4, -0.2) is 25.1 Å². The Labute approximate surface area is 140 Å². The van der Waals surface area contributed by atoms with E-state index in [2.05, 4.69) is 5.32 Å². The fourth-order valence-corrected chi connectivity index (χ4v) is 3.75. The van der Waals surface area contributed by atoms with E-state index in [4.69, 9.17) is 10.5 Å². The van der Waals surface area contributed by atoms with Crippen molar-refractivity contribution in [2.75, 3.05) is 13.2 Å². The minimum atomic E-state index is -0.950. The highest BCUT2D eigenvalue weighted by Crippen LogP contribution is 2.47. The maximum Gasteiger partial charge on any atom is 0.225 e. The molecule has 4 nitrogen and oxygen atoms in total. The molecule has 128 valence electrons. The number of amides is 1. The second kappa shape index (κ2) is 7.45. The molecule has 0 aromatic heterocycles. The number of nitrogens with two attached hydrogens (primary N) is 1. The average Bonchev–Trinajstić information content (AvgIpc) is 3.08. The molecule has 0 radical (unpaired) electrons. The molecule has 0 heterocycles. The van der Waals surface area contributed by atoms with Gasteiger partial charge in [0.25, 0.3) is 0 Å². The lowest BCUT2D eigenvalue weighted by molar-refractivity contribution is -0.127. The smallest absolute Gasteiger partial charge is 0.225 e. The maximum atomic E-state index is 13.0. The fourth-order valence-electron chi connectivity index (χ4n) is 3.75. The molecule has 2 saturated carbocycles. The molecule has 1 aromatic carbocycles. The van der Waals surface area contributed by atoms with Crippen LogP contribution < -0.4 is 15.8 Å². The quantitative estimate of drug-likeness (QED) is 0.804. The van der Waals surface area contributed by atoms with Crippen molar-refractivity contribution in [2.24, 2.45) is 23.5 Å². The standard InChI is InChI=1S/C16H20F2N2O2.ClH/c17-12-4-3-11(8-13(12)18)22-6-5-20-16(21)14-9-1-2-10(7-9)15(14)19;/h3-4,8-10,14-15H,1-2,5-7,19H2,(H,20,21);1H. The van der Waals surface area contributed by atoms with E-state index >= 15 is 0 Å². The molecule has 2 fully saturated rings. The lowest BCUT2D eigenvalue weighted by Crippen LogP contribution is -2.46. The number of carbonyl (C=O) groups excluding carboxylic acids is 1. The van der Waals surface area contributed by atoms with Gasteiger partial charge >= 0.3 is 0 Å². The van der Waals surface area contributed by atoms with E-state index in [1.165, 1.54) is 6.07 Å². The van der Waals surface area contributed by atoms with Gasteiger partial charge in [0.05, 0.1) is 12.5 Å². The highest BCUT2D eigenvalue weighted by Gasteiger charge is 2.48. The first-order chi connectivity index (χ1) is 10.6. The lowest BCUT2D eigenvalue weighted by atomic mass is 9.84. The SMILES string of the molecule is Cl.NC1C2CCC(C2)C1C(=O)NCCOc1ccc(F)c(F)c1. The predicted molar refractivity (Wildman–Crippen MR) is 84.4 cm³/mol. The molecule has 3 rings (SSSR count). The van der Waals surface area contributed by atoms with Crippen LogP contribution in [0.5, 0.6) is 5.75 Å². The highest BCUT2D eigenvalue weighted by atomic mass is 35.5. The van der Waals surface area contributed by atoms with Gasteiger partial charge in [0.15, 0.2) is 11.6 Å². The molecule has 1 aromatic rings. The zero-order chi connectivity index (χ0) is 15.7. The van der Waals surface area contributed by atoms with Crippen LogP contribution in [0, 0.1) is 29.4 Å². The van der Waals surface area contributed by atoms with Crippen molar-refractivity contribution >= 4 is 18.3 Å². The van der Waals surface area contributed by atoms with E-state index in [9.17, 15) is 13.6 Å². The minimum Gasteiger partial charge on any atom is -0.492 e. The monoisotopic (exact) mass is 346 g/mol. The van der Waals surface area contributed by atoms with Crippen LogP contribution in [0.3, 0.4) is 0 Å². The largest absolute Gasteiger partial charge is 0.492 e.